The Morgan fingerprint density at radius 3 is 2.77 bits per heavy atom. The molecule has 160 valence electrons. The van der Waals surface area contributed by atoms with Gasteiger partial charge in [-0.15, -0.1) is 0 Å². The first kappa shape index (κ1) is 21.6. The molecular formula is C22H20FN3O5. The molecule has 1 atom stereocenters. The quantitative estimate of drug-likeness (QED) is 0.542. The number of carbonyl (C=O) groups is 3. The van der Waals surface area contributed by atoms with Gasteiger partial charge in [-0.3, -0.25) is 14.9 Å². The van der Waals surface area contributed by atoms with Crippen molar-refractivity contribution in [2.75, 3.05) is 20.8 Å². The molecule has 0 aromatic heterocycles. The number of carbonyl (C=O) groups excluding carboxylic acids is 3. The summed E-state index contributed by atoms with van der Waals surface area (Å²) in [5, 5.41) is 4.53. The zero-order chi connectivity index (χ0) is 22.4. The summed E-state index contributed by atoms with van der Waals surface area (Å²) in [5.41, 5.74) is 1.81. The van der Waals surface area contributed by atoms with Crippen LogP contribution in [0.1, 0.15) is 21.5 Å². The first-order chi connectivity index (χ1) is 14.9. The van der Waals surface area contributed by atoms with Crippen LogP contribution in [0.15, 0.2) is 36.4 Å². The Morgan fingerprint density at radius 1 is 1.26 bits per heavy atom. The molecule has 0 spiro atoms. The number of methoxy groups -OCH3 is 2. The normalized spacial score (nSPS) is 12.9. The Hall–Kier alpha value is -4.06. The van der Waals surface area contributed by atoms with Crippen molar-refractivity contribution in [2.45, 2.75) is 12.6 Å². The molecule has 4 amide bonds. The summed E-state index contributed by atoms with van der Waals surface area (Å²) in [5.74, 6) is 5.56. The van der Waals surface area contributed by atoms with Crippen LogP contribution in [-0.4, -0.2) is 50.1 Å². The van der Waals surface area contributed by atoms with Crippen molar-refractivity contribution < 1.29 is 28.2 Å². The minimum absolute atomic E-state index is 0.0362. The molecule has 0 unspecified atom stereocenters. The van der Waals surface area contributed by atoms with Crippen molar-refractivity contribution in [3.63, 3.8) is 0 Å². The lowest BCUT2D eigenvalue weighted by molar-refractivity contribution is -0.108. The third-order valence-corrected chi connectivity index (χ3v) is 4.64. The van der Waals surface area contributed by atoms with E-state index in [-0.39, 0.29) is 24.6 Å². The maximum absolute atomic E-state index is 13.6. The Kier molecular flexibility index (Phi) is 6.72. The van der Waals surface area contributed by atoms with E-state index in [0.29, 0.717) is 23.4 Å². The van der Waals surface area contributed by atoms with Crippen molar-refractivity contribution in [1.82, 2.24) is 15.5 Å². The molecule has 0 saturated carbocycles. The van der Waals surface area contributed by atoms with Gasteiger partial charge in [0.25, 0.3) is 5.91 Å². The number of ether oxygens (including phenoxy) is 2. The molecule has 0 radical (unpaired) electrons. The number of benzene rings is 2. The van der Waals surface area contributed by atoms with Gasteiger partial charge < -0.3 is 19.7 Å². The van der Waals surface area contributed by atoms with Gasteiger partial charge in [-0.05, 0) is 35.9 Å². The van der Waals surface area contributed by atoms with Crippen LogP contribution in [0.4, 0.5) is 9.18 Å². The predicted molar refractivity (Wildman–Crippen MR) is 109 cm³/mol. The van der Waals surface area contributed by atoms with Crippen LogP contribution >= 0.6 is 0 Å². The molecule has 31 heavy (non-hydrogen) atoms. The minimum atomic E-state index is -0.795. The number of hydrogen-bond acceptors (Lipinski definition) is 5. The highest BCUT2D eigenvalue weighted by Crippen LogP contribution is 2.26. The monoisotopic (exact) mass is 425 g/mol. The smallest absolute Gasteiger partial charge is 0.322 e. The summed E-state index contributed by atoms with van der Waals surface area (Å²) in [6.45, 7) is 0.422. The van der Waals surface area contributed by atoms with Gasteiger partial charge in [0.05, 0.1) is 20.8 Å². The van der Waals surface area contributed by atoms with Gasteiger partial charge in [-0.25, -0.2) is 9.18 Å². The summed E-state index contributed by atoms with van der Waals surface area (Å²) in [6.07, 6.45) is 0.244. The molecule has 2 aromatic rings. The van der Waals surface area contributed by atoms with Gasteiger partial charge in [-0.2, -0.15) is 0 Å². The maximum atomic E-state index is 13.6. The fourth-order valence-corrected chi connectivity index (χ4v) is 3.12. The molecule has 2 N–H and O–H groups in total. The number of nitrogens with one attached hydrogen (secondary N) is 2. The van der Waals surface area contributed by atoms with Gasteiger partial charge in [-0.1, -0.05) is 17.9 Å². The van der Waals surface area contributed by atoms with E-state index in [2.05, 4.69) is 17.2 Å². The van der Waals surface area contributed by atoms with Gasteiger partial charge in [0.2, 0.25) is 6.41 Å². The predicted octanol–water partition coefficient (Wildman–Crippen LogP) is 1.67. The zero-order valence-electron chi connectivity index (χ0n) is 16.9. The third kappa shape index (κ3) is 5.11. The van der Waals surface area contributed by atoms with Crippen LogP contribution in [-0.2, 0) is 11.3 Å². The largest absolute Gasteiger partial charge is 0.497 e. The second-order valence-electron chi connectivity index (χ2n) is 6.62. The van der Waals surface area contributed by atoms with Gasteiger partial charge in [0.15, 0.2) is 11.6 Å². The van der Waals surface area contributed by atoms with E-state index in [0.717, 1.165) is 5.56 Å². The van der Waals surface area contributed by atoms with Crippen LogP contribution in [0.5, 0.6) is 11.5 Å². The summed E-state index contributed by atoms with van der Waals surface area (Å²) in [7, 11) is 2.86. The molecule has 8 nitrogen and oxygen atoms in total. The number of urea groups is 1. The number of amides is 4. The maximum Gasteiger partial charge on any atom is 0.322 e. The number of nitrogens with zero attached hydrogens (tertiary/aromatic N) is 1. The molecule has 0 aliphatic carbocycles. The fourth-order valence-electron chi connectivity index (χ4n) is 3.12. The van der Waals surface area contributed by atoms with Crippen molar-refractivity contribution in [3.05, 3.63) is 58.9 Å². The Labute approximate surface area is 178 Å². The standard InChI is InChI=1S/C22H20FN3O5/c1-30-17-7-5-15-11-26(21(28)18(15)10-17)12-16(25-22(29)24-13-27)6-3-14-4-8-19(23)20(9-14)31-2/h4-5,7-10,13,16H,11-12H2,1-2H3,(H2,24,25,27,29)/t16-/m1/s1. The molecule has 0 fully saturated rings. The fraction of sp³-hybridized carbons (Fsp3) is 0.227. The number of hydrogen-bond donors (Lipinski definition) is 2. The summed E-state index contributed by atoms with van der Waals surface area (Å²) in [6, 6.07) is 7.81. The lowest BCUT2D eigenvalue weighted by atomic mass is 10.1. The number of halogens is 1. The van der Waals surface area contributed by atoms with Gasteiger partial charge in [0, 0.05) is 17.7 Å². The first-order valence-electron chi connectivity index (χ1n) is 9.27. The van der Waals surface area contributed by atoms with Crippen LogP contribution in [0.3, 0.4) is 0 Å². The van der Waals surface area contributed by atoms with E-state index in [1.54, 1.807) is 12.1 Å². The molecule has 1 heterocycles. The summed E-state index contributed by atoms with van der Waals surface area (Å²) in [4.78, 5) is 36.7. The summed E-state index contributed by atoms with van der Waals surface area (Å²) >= 11 is 0. The highest BCUT2D eigenvalue weighted by atomic mass is 19.1. The molecule has 0 saturated heterocycles. The average Bonchev–Trinajstić information content (AvgIpc) is 3.07. The van der Waals surface area contributed by atoms with Crippen molar-refractivity contribution in [3.8, 4) is 23.3 Å². The van der Waals surface area contributed by atoms with Crippen LogP contribution < -0.4 is 20.1 Å². The molecule has 9 heteroatoms. The first-order valence-corrected chi connectivity index (χ1v) is 9.27. The number of fused-ring (bicyclic) bond motifs is 1. The topological polar surface area (TPSA) is 97.0 Å². The van der Waals surface area contributed by atoms with E-state index in [4.69, 9.17) is 9.47 Å². The van der Waals surface area contributed by atoms with Crippen LogP contribution in [0.25, 0.3) is 0 Å². The highest BCUT2D eigenvalue weighted by Gasteiger charge is 2.29. The van der Waals surface area contributed by atoms with E-state index in [1.165, 1.54) is 37.3 Å². The molecule has 2 aromatic carbocycles. The highest BCUT2D eigenvalue weighted by molar-refractivity contribution is 5.98. The molecule has 0 bridgehead atoms. The minimum Gasteiger partial charge on any atom is -0.497 e. The van der Waals surface area contributed by atoms with E-state index in [1.807, 2.05) is 11.4 Å². The summed E-state index contributed by atoms with van der Waals surface area (Å²) < 4.78 is 23.7. The SMILES string of the molecule is COc1ccc2c(c1)C(=O)N(C[C@@H](C#Cc1ccc(F)c(OC)c1)NC(=O)NC=O)C2. The average molecular weight is 425 g/mol. The van der Waals surface area contributed by atoms with Crippen molar-refractivity contribution >= 4 is 18.3 Å². The van der Waals surface area contributed by atoms with E-state index < -0.39 is 17.9 Å². The lowest BCUT2D eigenvalue weighted by Crippen LogP contribution is -2.46. The van der Waals surface area contributed by atoms with Crippen LogP contribution in [0.2, 0.25) is 0 Å². The second kappa shape index (κ2) is 9.63. The van der Waals surface area contributed by atoms with E-state index in [9.17, 15) is 18.8 Å². The zero-order valence-corrected chi connectivity index (χ0v) is 16.9. The molecule has 1 aliphatic rings. The Morgan fingerprint density at radius 2 is 2.06 bits per heavy atom. The molecular weight excluding hydrogens is 405 g/mol. The van der Waals surface area contributed by atoms with Crippen LogP contribution in [0, 0.1) is 17.7 Å². The van der Waals surface area contributed by atoms with Crippen molar-refractivity contribution in [2.24, 2.45) is 0 Å². The Balaban J connectivity index is 1.81. The Bertz CT molecular complexity index is 1080. The number of imide groups is 1. The second-order valence-corrected chi connectivity index (χ2v) is 6.62. The van der Waals surface area contributed by atoms with Crippen molar-refractivity contribution in [1.29, 1.82) is 0 Å². The van der Waals surface area contributed by atoms with E-state index >= 15 is 0 Å². The molecule has 3 rings (SSSR count). The lowest BCUT2D eigenvalue weighted by Gasteiger charge is -2.21. The van der Waals surface area contributed by atoms with Gasteiger partial charge >= 0.3 is 6.03 Å². The van der Waals surface area contributed by atoms with Gasteiger partial charge in [0.1, 0.15) is 11.8 Å². The third-order valence-electron chi connectivity index (χ3n) is 4.64. The molecule has 1 aliphatic heterocycles. The number of rotatable bonds is 6.